The van der Waals surface area contributed by atoms with Crippen LogP contribution in [0.1, 0.15) is 15.9 Å². The molecule has 0 radical (unpaired) electrons. The zero-order valence-electron chi connectivity index (χ0n) is 12.1. The maximum Gasteiger partial charge on any atom is 0.343 e. The summed E-state index contributed by atoms with van der Waals surface area (Å²) in [5.74, 6) is -0.941. The van der Waals surface area contributed by atoms with Gasteiger partial charge in [-0.3, -0.25) is 10.1 Å². The van der Waals surface area contributed by atoms with Crippen LogP contribution in [0.4, 0.5) is 4.39 Å². The molecule has 118 valence electrons. The number of nitrogens with zero attached hydrogens (tertiary/aromatic N) is 1. The Balaban J connectivity index is 2.22. The number of hydrogen-bond acceptors (Lipinski definition) is 5. The van der Waals surface area contributed by atoms with Crippen LogP contribution in [-0.4, -0.2) is 18.0 Å². The summed E-state index contributed by atoms with van der Waals surface area (Å²) in [6.45, 7) is 0. The molecule has 0 aliphatic rings. The monoisotopic (exact) mass is 317 g/mol. The Morgan fingerprint density at radius 3 is 2.65 bits per heavy atom. The van der Waals surface area contributed by atoms with Crippen molar-refractivity contribution in [2.45, 2.75) is 0 Å². The van der Waals surface area contributed by atoms with Crippen LogP contribution in [0.15, 0.2) is 48.7 Å². The zero-order valence-corrected chi connectivity index (χ0v) is 12.1. The molecule has 0 aromatic heterocycles. The normalized spacial score (nSPS) is 10.5. The van der Waals surface area contributed by atoms with Crippen LogP contribution in [0, 0.1) is 15.9 Å². The summed E-state index contributed by atoms with van der Waals surface area (Å²) < 4.78 is 23.4. The molecule has 0 heterocycles. The van der Waals surface area contributed by atoms with Gasteiger partial charge in [0.25, 0.3) is 0 Å². The lowest BCUT2D eigenvalue weighted by atomic mass is 10.2. The molecule has 2 rings (SSSR count). The minimum Gasteiger partial charge on any atom is -0.493 e. The summed E-state index contributed by atoms with van der Waals surface area (Å²) in [6, 6.07) is 9.54. The Bertz CT molecular complexity index is 773. The van der Waals surface area contributed by atoms with Crippen LogP contribution in [0.3, 0.4) is 0 Å². The Morgan fingerprint density at radius 1 is 1.22 bits per heavy atom. The van der Waals surface area contributed by atoms with E-state index in [1.807, 2.05) is 0 Å². The largest absolute Gasteiger partial charge is 0.493 e. The molecule has 0 fully saturated rings. The molecule has 0 amide bonds. The quantitative estimate of drug-likeness (QED) is 0.366. The fourth-order valence-electron chi connectivity index (χ4n) is 1.79. The minimum absolute atomic E-state index is 0.0596. The SMILES string of the molecule is COc1cc(C=C[N+](=O)[O-])ccc1OC(=O)c1cccc(F)c1. The average Bonchev–Trinajstić information content (AvgIpc) is 2.53. The molecule has 6 nitrogen and oxygen atoms in total. The van der Waals surface area contributed by atoms with Crippen LogP contribution >= 0.6 is 0 Å². The molecule has 2 aromatic carbocycles. The van der Waals surface area contributed by atoms with Gasteiger partial charge in [-0.15, -0.1) is 0 Å². The highest BCUT2D eigenvalue weighted by Crippen LogP contribution is 2.29. The van der Waals surface area contributed by atoms with Crippen LogP contribution in [0.25, 0.3) is 6.08 Å². The first-order chi connectivity index (χ1) is 11.0. The first-order valence-corrected chi connectivity index (χ1v) is 6.47. The molecule has 0 spiro atoms. The fraction of sp³-hybridized carbons (Fsp3) is 0.0625. The van der Waals surface area contributed by atoms with E-state index in [4.69, 9.17) is 9.47 Å². The van der Waals surface area contributed by atoms with Gasteiger partial charge in [0.05, 0.1) is 17.6 Å². The van der Waals surface area contributed by atoms with Crippen molar-refractivity contribution >= 4 is 12.0 Å². The van der Waals surface area contributed by atoms with Crippen LogP contribution in [0.5, 0.6) is 11.5 Å². The van der Waals surface area contributed by atoms with Crippen molar-refractivity contribution in [2.24, 2.45) is 0 Å². The first kappa shape index (κ1) is 16.2. The van der Waals surface area contributed by atoms with E-state index in [-0.39, 0.29) is 17.1 Å². The average molecular weight is 317 g/mol. The summed E-state index contributed by atoms with van der Waals surface area (Å²) in [6.07, 6.45) is 2.06. The molecule has 0 aliphatic carbocycles. The van der Waals surface area contributed by atoms with Gasteiger partial charge in [-0.25, -0.2) is 9.18 Å². The van der Waals surface area contributed by atoms with E-state index < -0.39 is 16.7 Å². The highest BCUT2D eigenvalue weighted by atomic mass is 19.1. The Morgan fingerprint density at radius 2 is 2.00 bits per heavy atom. The molecule has 0 bridgehead atoms. The van der Waals surface area contributed by atoms with Crippen molar-refractivity contribution < 1.29 is 23.6 Å². The summed E-state index contributed by atoms with van der Waals surface area (Å²) in [7, 11) is 1.37. The van der Waals surface area contributed by atoms with Crippen molar-refractivity contribution in [1.82, 2.24) is 0 Å². The number of benzene rings is 2. The van der Waals surface area contributed by atoms with Gasteiger partial charge in [0.15, 0.2) is 11.5 Å². The van der Waals surface area contributed by atoms with E-state index in [9.17, 15) is 19.3 Å². The van der Waals surface area contributed by atoms with Gasteiger partial charge in [-0.1, -0.05) is 12.1 Å². The van der Waals surface area contributed by atoms with Crippen molar-refractivity contribution in [3.8, 4) is 11.5 Å². The smallest absolute Gasteiger partial charge is 0.343 e. The molecule has 23 heavy (non-hydrogen) atoms. The number of esters is 1. The molecular weight excluding hydrogens is 305 g/mol. The lowest BCUT2D eigenvalue weighted by molar-refractivity contribution is -0.400. The summed E-state index contributed by atoms with van der Waals surface area (Å²) in [5, 5.41) is 10.3. The number of halogens is 1. The summed E-state index contributed by atoms with van der Waals surface area (Å²) in [5.41, 5.74) is 0.563. The molecule has 0 atom stereocenters. The third-order valence-corrected chi connectivity index (χ3v) is 2.84. The Kier molecular flexibility index (Phi) is 5.03. The first-order valence-electron chi connectivity index (χ1n) is 6.47. The summed E-state index contributed by atoms with van der Waals surface area (Å²) >= 11 is 0. The second-order valence-electron chi connectivity index (χ2n) is 4.41. The van der Waals surface area contributed by atoms with E-state index in [0.29, 0.717) is 5.56 Å². The molecule has 0 saturated carbocycles. The molecular formula is C16H12FNO5. The fourth-order valence-corrected chi connectivity index (χ4v) is 1.79. The lowest BCUT2D eigenvalue weighted by Gasteiger charge is -2.10. The van der Waals surface area contributed by atoms with E-state index in [1.165, 1.54) is 49.6 Å². The predicted octanol–water partition coefficient (Wildman–Crippen LogP) is 3.30. The van der Waals surface area contributed by atoms with Gasteiger partial charge in [0, 0.05) is 6.08 Å². The number of rotatable bonds is 5. The molecule has 2 aromatic rings. The topological polar surface area (TPSA) is 78.7 Å². The number of carbonyl (C=O) groups excluding carboxylic acids is 1. The second-order valence-corrected chi connectivity index (χ2v) is 4.41. The van der Waals surface area contributed by atoms with Crippen molar-refractivity contribution in [3.63, 3.8) is 0 Å². The summed E-state index contributed by atoms with van der Waals surface area (Å²) in [4.78, 5) is 21.7. The molecule has 0 unspecified atom stereocenters. The molecule has 0 N–H and O–H groups in total. The third kappa shape index (κ3) is 4.37. The number of methoxy groups -OCH3 is 1. The van der Waals surface area contributed by atoms with Gasteiger partial charge in [-0.05, 0) is 35.9 Å². The van der Waals surface area contributed by atoms with Crippen molar-refractivity contribution in [1.29, 1.82) is 0 Å². The minimum atomic E-state index is -0.739. The third-order valence-electron chi connectivity index (χ3n) is 2.84. The lowest BCUT2D eigenvalue weighted by Crippen LogP contribution is -2.09. The van der Waals surface area contributed by atoms with Gasteiger partial charge in [-0.2, -0.15) is 0 Å². The maximum atomic E-state index is 13.1. The van der Waals surface area contributed by atoms with Crippen LogP contribution in [-0.2, 0) is 0 Å². The van der Waals surface area contributed by atoms with Crippen molar-refractivity contribution in [3.05, 3.63) is 75.7 Å². The molecule has 0 aliphatic heterocycles. The van der Waals surface area contributed by atoms with E-state index in [2.05, 4.69) is 0 Å². The maximum absolute atomic E-state index is 13.1. The Hall–Kier alpha value is -3.22. The molecule has 0 saturated heterocycles. The van der Waals surface area contributed by atoms with Crippen LogP contribution < -0.4 is 9.47 Å². The van der Waals surface area contributed by atoms with Gasteiger partial charge < -0.3 is 9.47 Å². The number of carbonyl (C=O) groups is 1. The van der Waals surface area contributed by atoms with E-state index in [0.717, 1.165) is 12.3 Å². The number of nitro groups is 1. The number of ether oxygens (including phenoxy) is 2. The number of hydrogen-bond donors (Lipinski definition) is 0. The second kappa shape index (κ2) is 7.17. The highest BCUT2D eigenvalue weighted by Gasteiger charge is 2.13. The van der Waals surface area contributed by atoms with Crippen LogP contribution in [0.2, 0.25) is 0 Å². The van der Waals surface area contributed by atoms with Crippen molar-refractivity contribution in [2.75, 3.05) is 7.11 Å². The molecule has 7 heteroatoms. The van der Waals surface area contributed by atoms with Gasteiger partial charge in [0.1, 0.15) is 5.82 Å². The van der Waals surface area contributed by atoms with E-state index in [1.54, 1.807) is 0 Å². The zero-order chi connectivity index (χ0) is 16.8. The Labute approximate surface area is 130 Å². The highest BCUT2D eigenvalue weighted by molar-refractivity contribution is 5.91. The standard InChI is InChI=1S/C16H12FNO5/c1-22-15-9-11(7-8-18(20)21)5-6-14(15)23-16(19)12-3-2-4-13(17)10-12/h2-10H,1H3. The van der Waals surface area contributed by atoms with Gasteiger partial charge in [0.2, 0.25) is 6.20 Å². The van der Waals surface area contributed by atoms with E-state index >= 15 is 0 Å². The predicted molar refractivity (Wildman–Crippen MR) is 80.4 cm³/mol. The van der Waals surface area contributed by atoms with Gasteiger partial charge >= 0.3 is 5.97 Å².